The van der Waals surface area contributed by atoms with Gasteiger partial charge >= 0.3 is 13.8 Å². The molecule has 3 unspecified atom stereocenters. The molecular weight excluding hydrogens is 976 g/mol. The van der Waals surface area contributed by atoms with Gasteiger partial charge in [0, 0.05) is 12.8 Å². The van der Waals surface area contributed by atoms with E-state index >= 15 is 0 Å². The standard InChI is InChI=1S/C67H127N2O7P/c1-7-10-13-16-19-22-25-28-30-31-32-33-34-35-36-37-38-39-40-41-44-47-50-53-56-59-66(70)68-64(63-75-77(72,73)74-62-61-69(4,5)6)65(58-55-52-49-46-43-27-24-21-18-15-12-9-3)76-67(71)60-57-54-51-48-45-42-29-26-23-20-17-14-11-8-2/h19,22,28,30,32-33,55,58,64-65H,7-18,20-21,23-27,29,31,34-54,56-57,59-63H2,1-6H3,(H-,68,70,72,73)/p+1/b22-19-,30-28-,33-32-,58-55-. The van der Waals surface area contributed by atoms with Gasteiger partial charge < -0.3 is 19.4 Å². The molecule has 0 spiro atoms. The number of amides is 1. The van der Waals surface area contributed by atoms with Gasteiger partial charge in [-0.25, -0.2) is 4.57 Å². The number of ether oxygens (including phenoxy) is 1. The number of carbonyl (C=O) groups excluding carboxylic acids is 2. The minimum atomic E-state index is -4.45. The van der Waals surface area contributed by atoms with Crippen LogP contribution in [0.15, 0.2) is 48.6 Å². The summed E-state index contributed by atoms with van der Waals surface area (Å²) in [5, 5.41) is 3.07. The summed E-state index contributed by atoms with van der Waals surface area (Å²) in [5.74, 6) is -0.494. The molecule has 0 saturated heterocycles. The zero-order valence-corrected chi connectivity index (χ0v) is 52.6. The van der Waals surface area contributed by atoms with E-state index in [1.165, 1.54) is 212 Å². The van der Waals surface area contributed by atoms with E-state index in [1.807, 2.05) is 33.3 Å². The van der Waals surface area contributed by atoms with Crippen LogP contribution in [0.3, 0.4) is 0 Å². The number of nitrogens with zero attached hydrogens (tertiary/aromatic N) is 1. The molecule has 0 aliphatic rings. The van der Waals surface area contributed by atoms with Gasteiger partial charge in [-0.1, -0.05) is 282 Å². The van der Waals surface area contributed by atoms with Crippen molar-refractivity contribution in [2.45, 2.75) is 328 Å². The summed E-state index contributed by atoms with van der Waals surface area (Å²) in [4.78, 5) is 37.7. The summed E-state index contributed by atoms with van der Waals surface area (Å²) >= 11 is 0. The van der Waals surface area contributed by atoms with Crippen molar-refractivity contribution in [3.05, 3.63) is 48.6 Å². The quantitative estimate of drug-likeness (QED) is 0.0205. The molecule has 9 nitrogen and oxygen atoms in total. The summed E-state index contributed by atoms with van der Waals surface area (Å²) in [6, 6.07) is -0.846. The van der Waals surface area contributed by atoms with Gasteiger partial charge in [0.2, 0.25) is 5.91 Å². The zero-order chi connectivity index (χ0) is 56.4. The second-order valence-electron chi connectivity index (χ2n) is 23.6. The topological polar surface area (TPSA) is 111 Å². The Morgan fingerprint density at radius 2 is 0.792 bits per heavy atom. The molecule has 0 bridgehead atoms. The Labute approximate surface area is 478 Å². The molecule has 0 fully saturated rings. The largest absolute Gasteiger partial charge is 0.472 e. The highest BCUT2D eigenvalue weighted by atomic mass is 31.2. The number of hydrogen-bond donors (Lipinski definition) is 2. The van der Waals surface area contributed by atoms with Crippen LogP contribution in [0.1, 0.15) is 316 Å². The predicted octanol–water partition coefficient (Wildman–Crippen LogP) is 20.5. The lowest BCUT2D eigenvalue weighted by atomic mass is 10.0. The van der Waals surface area contributed by atoms with Gasteiger partial charge in [-0.3, -0.25) is 18.6 Å². The van der Waals surface area contributed by atoms with Gasteiger partial charge in [0.05, 0.1) is 33.8 Å². The molecule has 10 heteroatoms. The lowest BCUT2D eigenvalue weighted by Crippen LogP contribution is -2.47. The second-order valence-corrected chi connectivity index (χ2v) is 25.1. The Morgan fingerprint density at radius 3 is 1.21 bits per heavy atom. The van der Waals surface area contributed by atoms with Gasteiger partial charge in [-0.2, -0.15) is 0 Å². The lowest BCUT2D eigenvalue weighted by Gasteiger charge is -2.27. The molecular formula is C67H128N2O7P+. The normalized spacial score (nSPS) is 13.9. The van der Waals surface area contributed by atoms with Crippen molar-refractivity contribution in [1.29, 1.82) is 0 Å². The van der Waals surface area contributed by atoms with Gasteiger partial charge in [0.15, 0.2) is 0 Å². The number of quaternary nitrogens is 1. The number of likely N-dealkylation sites (N-methyl/N-ethyl adjacent to an activating group) is 1. The third-order valence-corrected chi connectivity index (χ3v) is 15.8. The number of esters is 1. The SMILES string of the molecule is CCCCC/C=C\C/C=C\C/C=C\CCCCCCCCCCCCCCC(=O)NC(COP(=O)(O)OCC[N+](C)(C)C)C(/C=C\CCCCCCCCCCCC)OC(=O)CCCCCCCCCCCCCCCC. The van der Waals surface area contributed by atoms with Gasteiger partial charge in [-0.15, -0.1) is 0 Å². The molecule has 0 aliphatic heterocycles. The van der Waals surface area contributed by atoms with E-state index in [-0.39, 0.29) is 25.1 Å². The summed E-state index contributed by atoms with van der Waals surface area (Å²) < 4.78 is 30.7. The molecule has 0 aromatic rings. The van der Waals surface area contributed by atoms with E-state index in [0.29, 0.717) is 23.9 Å². The zero-order valence-electron chi connectivity index (χ0n) is 51.7. The fourth-order valence-corrected chi connectivity index (χ4v) is 10.4. The molecule has 0 aromatic carbocycles. The van der Waals surface area contributed by atoms with E-state index in [0.717, 1.165) is 70.6 Å². The highest BCUT2D eigenvalue weighted by molar-refractivity contribution is 7.47. The van der Waals surface area contributed by atoms with Crippen LogP contribution < -0.4 is 5.32 Å². The maximum absolute atomic E-state index is 13.6. The maximum atomic E-state index is 13.6. The summed E-state index contributed by atoms with van der Waals surface area (Å²) in [5.41, 5.74) is 0. The third-order valence-electron chi connectivity index (χ3n) is 14.8. The first-order valence-corrected chi connectivity index (χ1v) is 34.5. The Balaban J connectivity index is 5.08. The molecule has 0 aliphatic carbocycles. The fourth-order valence-electron chi connectivity index (χ4n) is 9.65. The number of allylic oxidation sites excluding steroid dienone is 7. The van der Waals surface area contributed by atoms with Crippen molar-refractivity contribution in [2.75, 3.05) is 40.9 Å². The Hall–Kier alpha value is -2.03. The minimum Gasteiger partial charge on any atom is -0.456 e. The first-order chi connectivity index (χ1) is 37.4. The molecule has 0 radical (unpaired) electrons. The molecule has 0 rings (SSSR count). The molecule has 1 amide bonds. The average Bonchev–Trinajstić information content (AvgIpc) is 3.39. The van der Waals surface area contributed by atoms with Crippen LogP contribution in [-0.4, -0.2) is 74.3 Å². The third kappa shape index (κ3) is 58.4. The van der Waals surface area contributed by atoms with Crippen molar-refractivity contribution in [2.24, 2.45) is 0 Å². The van der Waals surface area contributed by atoms with E-state index in [4.69, 9.17) is 13.8 Å². The van der Waals surface area contributed by atoms with Gasteiger partial charge in [0.1, 0.15) is 19.3 Å². The number of hydrogen-bond acceptors (Lipinski definition) is 6. The van der Waals surface area contributed by atoms with E-state index in [2.05, 4.69) is 62.5 Å². The monoisotopic (exact) mass is 1100 g/mol. The van der Waals surface area contributed by atoms with Crippen molar-refractivity contribution in [3.63, 3.8) is 0 Å². The van der Waals surface area contributed by atoms with Crippen LogP contribution in [-0.2, 0) is 27.9 Å². The van der Waals surface area contributed by atoms with Crippen LogP contribution in [0.5, 0.6) is 0 Å². The predicted molar refractivity (Wildman–Crippen MR) is 332 cm³/mol. The molecule has 0 heterocycles. The summed E-state index contributed by atoms with van der Waals surface area (Å²) in [7, 11) is 1.51. The molecule has 77 heavy (non-hydrogen) atoms. The average molecular weight is 1100 g/mol. The van der Waals surface area contributed by atoms with Crippen molar-refractivity contribution in [1.82, 2.24) is 5.32 Å². The lowest BCUT2D eigenvalue weighted by molar-refractivity contribution is -0.870. The minimum absolute atomic E-state index is 0.0415. The van der Waals surface area contributed by atoms with Crippen LogP contribution >= 0.6 is 7.82 Å². The molecule has 0 saturated carbocycles. The number of rotatable bonds is 60. The number of phosphoric ester groups is 1. The Bertz CT molecular complexity index is 1460. The first kappa shape index (κ1) is 75.0. The second kappa shape index (κ2) is 57.2. The number of phosphoric acid groups is 1. The van der Waals surface area contributed by atoms with Crippen molar-refractivity contribution in [3.8, 4) is 0 Å². The highest BCUT2D eigenvalue weighted by Gasteiger charge is 2.30. The van der Waals surface area contributed by atoms with Crippen molar-refractivity contribution >= 4 is 19.7 Å². The summed E-state index contributed by atoms with van der Waals surface area (Å²) in [6.07, 6.45) is 71.1. The van der Waals surface area contributed by atoms with Crippen LogP contribution in [0.25, 0.3) is 0 Å². The van der Waals surface area contributed by atoms with Crippen molar-refractivity contribution < 1.29 is 37.3 Å². The van der Waals surface area contributed by atoms with E-state index in [1.54, 1.807) is 0 Å². The highest BCUT2D eigenvalue weighted by Crippen LogP contribution is 2.43. The van der Waals surface area contributed by atoms with Crippen LogP contribution in [0, 0.1) is 0 Å². The number of unbranched alkanes of at least 4 members (excludes halogenated alkanes) is 38. The Morgan fingerprint density at radius 1 is 0.455 bits per heavy atom. The first-order valence-electron chi connectivity index (χ1n) is 33.0. The van der Waals surface area contributed by atoms with Crippen LogP contribution in [0.2, 0.25) is 0 Å². The number of carbonyl (C=O) groups is 2. The number of nitrogens with one attached hydrogen (secondary N) is 1. The van der Waals surface area contributed by atoms with Crippen LogP contribution in [0.4, 0.5) is 0 Å². The molecule has 452 valence electrons. The fraction of sp³-hybridized carbons (Fsp3) is 0.851. The van der Waals surface area contributed by atoms with Gasteiger partial charge in [-0.05, 0) is 70.3 Å². The van der Waals surface area contributed by atoms with Gasteiger partial charge in [0.25, 0.3) is 0 Å². The molecule has 2 N–H and O–H groups in total. The molecule has 3 atom stereocenters. The Kier molecular flexibility index (Phi) is 55.7. The smallest absolute Gasteiger partial charge is 0.456 e. The molecule has 0 aromatic heterocycles. The maximum Gasteiger partial charge on any atom is 0.472 e. The van der Waals surface area contributed by atoms with E-state index in [9.17, 15) is 19.0 Å². The summed E-state index contributed by atoms with van der Waals surface area (Å²) in [6.45, 7) is 7.02. The van der Waals surface area contributed by atoms with E-state index < -0.39 is 20.0 Å².